The molecule has 0 amide bonds. The van der Waals surface area contributed by atoms with E-state index < -0.39 is 0 Å². The van der Waals surface area contributed by atoms with Gasteiger partial charge in [0.05, 0.1) is 5.69 Å². The van der Waals surface area contributed by atoms with Gasteiger partial charge in [-0.25, -0.2) is 0 Å². The normalized spacial score (nSPS) is 24.7. The van der Waals surface area contributed by atoms with Crippen LogP contribution in [0, 0.1) is 6.92 Å². The summed E-state index contributed by atoms with van der Waals surface area (Å²) in [6.07, 6.45) is 5.15. The topological polar surface area (TPSA) is 41.3 Å². The molecule has 0 spiro atoms. The first-order valence-corrected chi connectivity index (χ1v) is 7.05. The Morgan fingerprint density at radius 2 is 2.11 bits per heavy atom. The minimum Gasteiger partial charge on any atom is -0.361 e. The molecule has 1 heterocycles. The maximum absolute atomic E-state index is 5.12. The Hall–Kier alpha value is -0.870. The predicted octanol–water partition coefficient (Wildman–Crippen LogP) is 2.34. The number of rotatable bonds is 5. The van der Waals surface area contributed by atoms with Gasteiger partial charge in [0.2, 0.25) is 0 Å². The molecule has 1 aromatic heterocycles. The van der Waals surface area contributed by atoms with Crippen molar-refractivity contribution in [1.29, 1.82) is 0 Å². The van der Waals surface area contributed by atoms with E-state index in [9.17, 15) is 0 Å². The lowest BCUT2D eigenvalue weighted by atomic mass is 9.90. The van der Waals surface area contributed by atoms with Crippen LogP contribution in [0.5, 0.6) is 0 Å². The molecule has 1 aliphatic carbocycles. The molecule has 0 aromatic carbocycles. The Balaban J connectivity index is 1.78. The lowest BCUT2D eigenvalue weighted by Crippen LogP contribution is -2.40. The van der Waals surface area contributed by atoms with E-state index in [1.807, 2.05) is 13.0 Å². The van der Waals surface area contributed by atoms with E-state index in [4.69, 9.17) is 4.52 Å². The van der Waals surface area contributed by atoms with Crippen LogP contribution in [0.25, 0.3) is 0 Å². The minimum atomic E-state index is 0.692. The number of nitrogens with one attached hydrogen (secondary N) is 1. The molecule has 1 fully saturated rings. The van der Waals surface area contributed by atoms with Crippen molar-refractivity contribution < 1.29 is 4.52 Å². The molecule has 18 heavy (non-hydrogen) atoms. The van der Waals surface area contributed by atoms with Gasteiger partial charge >= 0.3 is 0 Å². The second kappa shape index (κ2) is 6.34. The van der Waals surface area contributed by atoms with Gasteiger partial charge in [-0.2, -0.15) is 0 Å². The third-order valence-corrected chi connectivity index (χ3v) is 3.90. The summed E-state index contributed by atoms with van der Waals surface area (Å²) >= 11 is 0. The maximum atomic E-state index is 5.12. The average Bonchev–Trinajstić information content (AvgIpc) is 2.76. The first kappa shape index (κ1) is 13.6. The van der Waals surface area contributed by atoms with Crippen LogP contribution in [0.2, 0.25) is 0 Å². The van der Waals surface area contributed by atoms with E-state index in [0.717, 1.165) is 30.6 Å². The van der Waals surface area contributed by atoms with E-state index in [2.05, 4.69) is 29.3 Å². The summed E-state index contributed by atoms with van der Waals surface area (Å²) in [6, 6.07) is 3.45. The molecule has 1 aromatic rings. The molecule has 1 saturated carbocycles. The molecule has 0 atom stereocenters. The van der Waals surface area contributed by atoms with Crippen LogP contribution in [0.15, 0.2) is 10.6 Å². The van der Waals surface area contributed by atoms with Gasteiger partial charge < -0.3 is 9.84 Å². The van der Waals surface area contributed by atoms with Crippen molar-refractivity contribution in [2.24, 2.45) is 0 Å². The second-order valence-electron chi connectivity index (χ2n) is 5.41. The zero-order chi connectivity index (χ0) is 13.0. The Morgan fingerprint density at radius 1 is 1.39 bits per heavy atom. The fraction of sp³-hybridized carbons (Fsp3) is 0.786. The van der Waals surface area contributed by atoms with Crippen LogP contribution >= 0.6 is 0 Å². The quantitative estimate of drug-likeness (QED) is 0.872. The highest BCUT2D eigenvalue weighted by atomic mass is 16.5. The monoisotopic (exact) mass is 251 g/mol. The highest BCUT2D eigenvalue weighted by molar-refractivity contribution is 5.03. The summed E-state index contributed by atoms with van der Waals surface area (Å²) in [6.45, 7) is 6.11. The predicted molar refractivity (Wildman–Crippen MR) is 72.4 cm³/mol. The number of aryl methyl sites for hydroxylation is 1. The van der Waals surface area contributed by atoms with E-state index in [1.165, 1.54) is 25.7 Å². The molecule has 0 radical (unpaired) electrons. The van der Waals surface area contributed by atoms with Gasteiger partial charge in [-0.15, -0.1) is 0 Å². The van der Waals surface area contributed by atoms with Crippen LogP contribution < -0.4 is 5.32 Å². The van der Waals surface area contributed by atoms with Crippen LogP contribution in [-0.4, -0.2) is 35.7 Å². The van der Waals surface area contributed by atoms with Gasteiger partial charge in [0.15, 0.2) is 0 Å². The second-order valence-corrected chi connectivity index (χ2v) is 5.41. The van der Waals surface area contributed by atoms with Gasteiger partial charge in [-0.05, 0) is 46.2 Å². The lowest BCUT2D eigenvalue weighted by Gasteiger charge is -2.34. The largest absolute Gasteiger partial charge is 0.361 e. The molecule has 0 aliphatic heterocycles. The fourth-order valence-corrected chi connectivity index (χ4v) is 2.89. The van der Waals surface area contributed by atoms with Gasteiger partial charge in [0.25, 0.3) is 0 Å². The van der Waals surface area contributed by atoms with Crippen molar-refractivity contribution in [3.63, 3.8) is 0 Å². The summed E-state index contributed by atoms with van der Waals surface area (Å²) < 4.78 is 5.12. The molecule has 2 rings (SSSR count). The Kier molecular flexibility index (Phi) is 4.78. The van der Waals surface area contributed by atoms with Crippen molar-refractivity contribution in [1.82, 2.24) is 15.4 Å². The Bertz CT molecular complexity index is 356. The number of nitrogens with zero attached hydrogens (tertiary/aromatic N) is 2. The third-order valence-electron chi connectivity index (χ3n) is 3.90. The summed E-state index contributed by atoms with van der Waals surface area (Å²) in [5, 5.41) is 7.62. The Labute approximate surface area is 110 Å². The number of aromatic nitrogens is 1. The molecule has 1 aliphatic rings. The molecule has 1 N–H and O–H groups in total. The molecular weight excluding hydrogens is 226 g/mol. The van der Waals surface area contributed by atoms with E-state index >= 15 is 0 Å². The third kappa shape index (κ3) is 3.56. The van der Waals surface area contributed by atoms with Crippen molar-refractivity contribution in [3.05, 3.63) is 17.5 Å². The molecule has 4 nitrogen and oxygen atoms in total. The van der Waals surface area contributed by atoms with Gasteiger partial charge in [-0.3, -0.25) is 4.90 Å². The standard InChI is InChI=1S/C14H25N3O/c1-4-15-12-5-7-14(8-6-12)17(3)10-13-9-11(2)18-16-13/h9,12,14-15H,4-8,10H2,1-3H3. The van der Waals surface area contributed by atoms with Crippen LogP contribution in [0.1, 0.15) is 44.1 Å². The highest BCUT2D eigenvalue weighted by Crippen LogP contribution is 2.23. The van der Waals surface area contributed by atoms with Crippen LogP contribution in [0.3, 0.4) is 0 Å². The minimum absolute atomic E-state index is 0.692. The van der Waals surface area contributed by atoms with Crippen molar-refractivity contribution in [3.8, 4) is 0 Å². The Morgan fingerprint density at radius 3 is 2.67 bits per heavy atom. The molecular formula is C14H25N3O. The first-order chi connectivity index (χ1) is 8.69. The molecule has 4 heteroatoms. The number of hydrogen-bond acceptors (Lipinski definition) is 4. The maximum Gasteiger partial charge on any atom is 0.133 e. The van der Waals surface area contributed by atoms with E-state index in [0.29, 0.717) is 6.04 Å². The summed E-state index contributed by atoms with van der Waals surface area (Å²) in [5.41, 5.74) is 1.05. The zero-order valence-electron chi connectivity index (χ0n) is 11.8. The zero-order valence-corrected chi connectivity index (χ0v) is 11.8. The molecule has 0 unspecified atom stereocenters. The van der Waals surface area contributed by atoms with Crippen molar-refractivity contribution >= 4 is 0 Å². The van der Waals surface area contributed by atoms with Gasteiger partial charge in [-0.1, -0.05) is 12.1 Å². The molecule has 0 saturated heterocycles. The average molecular weight is 251 g/mol. The number of hydrogen-bond donors (Lipinski definition) is 1. The van der Waals surface area contributed by atoms with Gasteiger partial charge in [0.1, 0.15) is 5.76 Å². The van der Waals surface area contributed by atoms with Crippen molar-refractivity contribution in [2.75, 3.05) is 13.6 Å². The van der Waals surface area contributed by atoms with E-state index in [1.54, 1.807) is 0 Å². The fourth-order valence-electron chi connectivity index (χ4n) is 2.89. The highest BCUT2D eigenvalue weighted by Gasteiger charge is 2.23. The smallest absolute Gasteiger partial charge is 0.133 e. The summed E-state index contributed by atoms with van der Waals surface area (Å²) in [7, 11) is 2.20. The SMILES string of the molecule is CCNC1CCC(N(C)Cc2cc(C)on2)CC1. The summed E-state index contributed by atoms with van der Waals surface area (Å²) in [5.74, 6) is 0.897. The first-order valence-electron chi connectivity index (χ1n) is 7.05. The lowest BCUT2D eigenvalue weighted by molar-refractivity contribution is 0.165. The molecule has 102 valence electrons. The van der Waals surface area contributed by atoms with Crippen molar-refractivity contribution in [2.45, 2.75) is 58.2 Å². The van der Waals surface area contributed by atoms with Crippen LogP contribution in [0.4, 0.5) is 0 Å². The van der Waals surface area contributed by atoms with E-state index in [-0.39, 0.29) is 0 Å². The molecule has 0 bridgehead atoms. The summed E-state index contributed by atoms with van der Waals surface area (Å²) in [4.78, 5) is 2.42. The van der Waals surface area contributed by atoms with Crippen LogP contribution in [-0.2, 0) is 6.54 Å². The van der Waals surface area contributed by atoms with Gasteiger partial charge in [0, 0.05) is 24.7 Å².